The predicted octanol–water partition coefficient (Wildman–Crippen LogP) is 2.15. The lowest BCUT2D eigenvalue weighted by Gasteiger charge is -2.25. The van der Waals surface area contributed by atoms with Gasteiger partial charge in [0.1, 0.15) is 0 Å². The average Bonchev–Trinajstić information content (AvgIpc) is 2.93. The van der Waals surface area contributed by atoms with E-state index in [2.05, 4.69) is 32.8 Å². The van der Waals surface area contributed by atoms with Crippen LogP contribution < -0.4 is 5.32 Å². The van der Waals surface area contributed by atoms with Crippen molar-refractivity contribution in [3.8, 4) is 0 Å². The molecule has 0 aromatic carbocycles. The first-order valence-electron chi connectivity index (χ1n) is 6.63. The number of hydrogen-bond donors (Lipinski definition) is 1. The lowest BCUT2D eigenvalue weighted by Crippen LogP contribution is -2.37. The van der Waals surface area contributed by atoms with E-state index < -0.39 is 0 Å². The van der Waals surface area contributed by atoms with Crippen molar-refractivity contribution >= 4 is 11.8 Å². The van der Waals surface area contributed by atoms with E-state index in [9.17, 15) is 0 Å². The summed E-state index contributed by atoms with van der Waals surface area (Å²) in [4.78, 5) is 4.12. The van der Waals surface area contributed by atoms with Crippen LogP contribution in [0.5, 0.6) is 0 Å². The summed E-state index contributed by atoms with van der Waals surface area (Å²) >= 11 is 2.10. The summed E-state index contributed by atoms with van der Waals surface area (Å²) in [5.41, 5.74) is 0.533. The van der Waals surface area contributed by atoms with Gasteiger partial charge in [0.2, 0.25) is 0 Å². The van der Waals surface area contributed by atoms with E-state index in [0.29, 0.717) is 5.41 Å². The Bertz CT molecular complexity index is 340. The topological polar surface area (TPSA) is 29.9 Å². The highest BCUT2D eigenvalue weighted by Crippen LogP contribution is 2.46. The Morgan fingerprint density at radius 1 is 1.35 bits per heavy atom. The van der Waals surface area contributed by atoms with E-state index in [1.54, 1.807) is 0 Å². The Balaban J connectivity index is 1.47. The van der Waals surface area contributed by atoms with Gasteiger partial charge in [-0.25, -0.2) is 4.98 Å². The molecule has 94 valence electrons. The molecule has 0 atom stereocenters. The van der Waals surface area contributed by atoms with Crippen LogP contribution in [0.4, 0.5) is 0 Å². The van der Waals surface area contributed by atoms with E-state index in [-0.39, 0.29) is 0 Å². The van der Waals surface area contributed by atoms with Gasteiger partial charge in [0.05, 0.1) is 6.33 Å². The number of rotatable bonds is 5. The quantitative estimate of drug-likeness (QED) is 0.869. The zero-order valence-corrected chi connectivity index (χ0v) is 11.1. The van der Waals surface area contributed by atoms with Gasteiger partial charge in [-0.05, 0) is 37.2 Å². The molecule has 2 aliphatic rings. The van der Waals surface area contributed by atoms with Gasteiger partial charge in [-0.3, -0.25) is 0 Å². The maximum atomic E-state index is 4.12. The Hall–Kier alpha value is -0.480. The maximum absolute atomic E-state index is 4.12. The normalized spacial score (nSPS) is 23.8. The molecular weight excluding hydrogens is 230 g/mol. The lowest BCUT2D eigenvalue weighted by molar-refractivity contribution is 0.356. The van der Waals surface area contributed by atoms with Crippen LogP contribution >= 0.6 is 11.8 Å². The molecule has 0 bridgehead atoms. The minimum atomic E-state index is 0.533. The molecule has 3 nitrogen and oxygen atoms in total. The van der Waals surface area contributed by atoms with Crippen molar-refractivity contribution in [3.05, 3.63) is 18.7 Å². The van der Waals surface area contributed by atoms with E-state index in [0.717, 1.165) is 12.6 Å². The minimum absolute atomic E-state index is 0.533. The van der Waals surface area contributed by atoms with Gasteiger partial charge in [0, 0.05) is 36.9 Å². The summed E-state index contributed by atoms with van der Waals surface area (Å²) in [6, 6.07) is 0.775. The van der Waals surface area contributed by atoms with Crippen LogP contribution in [0.25, 0.3) is 0 Å². The number of hydrogen-bond acceptors (Lipinski definition) is 3. The molecule has 0 unspecified atom stereocenters. The fraction of sp³-hybridized carbons (Fsp3) is 0.769. The maximum Gasteiger partial charge on any atom is 0.0946 e. The van der Waals surface area contributed by atoms with Gasteiger partial charge in [-0.15, -0.1) is 0 Å². The Morgan fingerprint density at radius 3 is 2.82 bits per heavy atom. The molecule has 1 aliphatic carbocycles. The number of imidazole rings is 1. The number of aromatic nitrogens is 2. The summed E-state index contributed by atoms with van der Waals surface area (Å²) < 4.78 is 2.23. The van der Waals surface area contributed by atoms with Crippen molar-refractivity contribution in [1.82, 2.24) is 14.9 Å². The Labute approximate surface area is 107 Å². The summed E-state index contributed by atoms with van der Waals surface area (Å²) in [6.45, 7) is 2.34. The van der Waals surface area contributed by atoms with Crippen LogP contribution in [0.3, 0.4) is 0 Å². The van der Waals surface area contributed by atoms with Gasteiger partial charge < -0.3 is 9.88 Å². The third-order valence-electron chi connectivity index (χ3n) is 4.02. The second-order valence-corrected chi connectivity index (χ2v) is 6.73. The first kappa shape index (κ1) is 11.6. The second-order valence-electron chi connectivity index (χ2n) is 5.50. The average molecular weight is 251 g/mol. The van der Waals surface area contributed by atoms with Crippen molar-refractivity contribution < 1.29 is 0 Å². The van der Waals surface area contributed by atoms with Gasteiger partial charge in [0.25, 0.3) is 0 Å². The first-order valence-corrected chi connectivity index (χ1v) is 7.79. The number of thioether (sulfide) groups is 1. The van der Waals surface area contributed by atoms with Crippen LogP contribution in [0.1, 0.15) is 25.7 Å². The van der Waals surface area contributed by atoms with Crippen molar-refractivity contribution in [2.24, 2.45) is 5.41 Å². The van der Waals surface area contributed by atoms with Gasteiger partial charge in [-0.1, -0.05) is 0 Å². The van der Waals surface area contributed by atoms with Crippen LogP contribution in [-0.4, -0.2) is 33.6 Å². The molecule has 0 spiro atoms. The minimum Gasteiger partial charge on any atom is -0.337 e. The fourth-order valence-electron chi connectivity index (χ4n) is 2.60. The fourth-order valence-corrected chi connectivity index (χ4v) is 3.70. The molecule has 1 aromatic heterocycles. The van der Waals surface area contributed by atoms with Crippen molar-refractivity contribution in [1.29, 1.82) is 0 Å². The monoisotopic (exact) mass is 251 g/mol. The third kappa shape index (κ3) is 3.05. The predicted molar refractivity (Wildman–Crippen MR) is 72.2 cm³/mol. The molecule has 1 aliphatic heterocycles. The molecule has 0 radical (unpaired) electrons. The molecule has 2 heterocycles. The zero-order valence-electron chi connectivity index (χ0n) is 10.3. The lowest BCUT2D eigenvalue weighted by atomic mass is 10.1. The molecular formula is C13H21N3S. The summed E-state index contributed by atoms with van der Waals surface area (Å²) in [5, 5.41) is 3.79. The SMILES string of the molecule is c1cn(CC2(CNC3CCSCC3)CC2)cn1. The standard InChI is InChI=1S/C13H21N3S/c1-7-17-8-2-12(1)15-9-13(3-4-13)10-16-6-5-14-11-16/h5-6,11-12,15H,1-4,7-10H2. The smallest absolute Gasteiger partial charge is 0.0946 e. The van der Waals surface area contributed by atoms with Gasteiger partial charge in [0.15, 0.2) is 0 Å². The molecule has 17 heavy (non-hydrogen) atoms. The highest BCUT2D eigenvalue weighted by molar-refractivity contribution is 7.99. The number of nitrogens with one attached hydrogen (secondary N) is 1. The van der Waals surface area contributed by atoms with E-state index in [1.165, 1.54) is 43.7 Å². The molecule has 1 saturated heterocycles. The van der Waals surface area contributed by atoms with Crippen LogP contribution in [0.2, 0.25) is 0 Å². The summed E-state index contributed by atoms with van der Waals surface area (Å²) in [5.74, 6) is 2.68. The van der Waals surface area contributed by atoms with E-state index in [4.69, 9.17) is 0 Å². The molecule has 1 aromatic rings. The van der Waals surface area contributed by atoms with Crippen molar-refractivity contribution in [2.75, 3.05) is 18.1 Å². The number of nitrogens with zero attached hydrogens (tertiary/aromatic N) is 2. The molecule has 3 rings (SSSR count). The van der Waals surface area contributed by atoms with Crippen LogP contribution in [0, 0.1) is 5.41 Å². The van der Waals surface area contributed by atoms with Gasteiger partial charge in [-0.2, -0.15) is 11.8 Å². The molecule has 1 saturated carbocycles. The largest absolute Gasteiger partial charge is 0.337 e. The summed E-state index contributed by atoms with van der Waals surface area (Å²) in [7, 11) is 0. The highest BCUT2D eigenvalue weighted by Gasteiger charge is 2.42. The molecule has 4 heteroatoms. The Morgan fingerprint density at radius 2 is 2.18 bits per heavy atom. The van der Waals surface area contributed by atoms with Crippen molar-refractivity contribution in [3.63, 3.8) is 0 Å². The highest BCUT2D eigenvalue weighted by atomic mass is 32.2. The van der Waals surface area contributed by atoms with Gasteiger partial charge >= 0.3 is 0 Å². The van der Waals surface area contributed by atoms with E-state index in [1.807, 2.05) is 12.5 Å². The summed E-state index contributed by atoms with van der Waals surface area (Å²) in [6.07, 6.45) is 11.4. The first-order chi connectivity index (χ1) is 8.36. The van der Waals surface area contributed by atoms with Crippen LogP contribution in [0.15, 0.2) is 18.7 Å². The second kappa shape index (κ2) is 5.02. The van der Waals surface area contributed by atoms with Crippen LogP contribution in [-0.2, 0) is 6.54 Å². The van der Waals surface area contributed by atoms with E-state index >= 15 is 0 Å². The zero-order chi connectivity index (χ0) is 11.6. The Kier molecular flexibility index (Phi) is 3.43. The molecule has 2 fully saturated rings. The molecule has 0 amide bonds. The third-order valence-corrected chi connectivity index (χ3v) is 5.07. The molecule has 1 N–H and O–H groups in total. The van der Waals surface area contributed by atoms with Crippen molar-refractivity contribution in [2.45, 2.75) is 38.3 Å².